The molecule has 0 aliphatic rings. The highest BCUT2D eigenvalue weighted by atomic mass is 16.6. The van der Waals surface area contributed by atoms with Crippen molar-refractivity contribution < 1.29 is 9.66 Å². The summed E-state index contributed by atoms with van der Waals surface area (Å²) in [7, 11) is 1.58. The van der Waals surface area contributed by atoms with Gasteiger partial charge in [-0.1, -0.05) is 30.3 Å². The lowest BCUT2D eigenvalue weighted by Gasteiger charge is -2.22. The van der Waals surface area contributed by atoms with Gasteiger partial charge in [-0.15, -0.1) is 0 Å². The third-order valence-electron chi connectivity index (χ3n) is 2.64. The first-order valence-electron chi connectivity index (χ1n) is 5.19. The van der Waals surface area contributed by atoms with Crippen molar-refractivity contribution >= 4 is 0 Å². The second kappa shape index (κ2) is 5.07. The zero-order valence-electron chi connectivity index (χ0n) is 9.84. The molecule has 1 unspecified atom stereocenters. The molecular weight excluding hydrogens is 206 g/mol. The van der Waals surface area contributed by atoms with Gasteiger partial charge in [-0.2, -0.15) is 0 Å². The van der Waals surface area contributed by atoms with Crippen LogP contribution in [-0.2, 0) is 4.74 Å². The van der Waals surface area contributed by atoms with E-state index in [0.717, 1.165) is 5.56 Å². The first-order chi connectivity index (χ1) is 7.47. The van der Waals surface area contributed by atoms with Crippen LogP contribution in [0, 0.1) is 10.1 Å². The number of rotatable bonds is 5. The van der Waals surface area contributed by atoms with Gasteiger partial charge in [-0.25, -0.2) is 0 Å². The molecule has 0 N–H and O–H groups in total. The van der Waals surface area contributed by atoms with Crippen LogP contribution in [0.3, 0.4) is 0 Å². The molecule has 4 nitrogen and oxygen atoms in total. The fourth-order valence-corrected chi connectivity index (χ4v) is 1.53. The molecule has 0 saturated heterocycles. The van der Waals surface area contributed by atoms with Crippen LogP contribution < -0.4 is 0 Å². The van der Waals surface area contributed by atoms with Crippen LogP contribution in [-0.4, -0.2) is 17.6 Å². The minimum absolute atomic E-state index is 0.235. The highest BCUT2D eigenvalue weighted by Gasteiger charge is 2.34. The molecule has 0 bridgehead atoms. The number of nitro groups is 1. The van der Waals surface area contributed by atoms with E-state index >= 15 is 0 Å². The Bertz CT molecular complexity index is 349. The molecule has 0 aliphatic heterocycles. The summed E-state index contributed by atoms with van der Waals surface area (Å²) in [5.74, 6) is 0. The van der Waals surface area contributed by atoms with Crippen molar-refractivity contribution in [2.24, 2.45) is 0 Å². The summed E-state index contributed by atoms with van der Waals surface area (Å²) in [5, 5.41) is 10.9. The molecule has 0 heterocycles. The molecule has 16 heavy (non-hydrogen) atoms. The predicted octanol–water partition coefficient (Wildman–Crippen LogP) is 2.82. The lowest BCUT2D eigenvalue weighted by molar-refractivity contribution is -0.563. The van der Waals surface area contributed by atoms with Gasteiger partial charge in [0.1, 0.15) is 0 Å². The molecule has 0 saturated carbocycles. The lowest BCUT2D eigenvalue weighted by atomic mass is 9.93. The van der Waals surface area contributed by atoms with Crippen LogP contribution in [0.25, 0.3) is 0 Å². The van der Waals surface area contributed by atoms with Gasteiger partial charge < -0.3 is 4.74 Å². The fraction of sp³-hybridized carbons (Fsp3) is 0.500. The van der Waals surface area contributed by atoms with Gasteiger partial charge in [-0.05, 0) is 5.56 Å². The van der Waals surface area contributed by atoms with Crippen molar-refractivity contribution in [1.82, 2.24) is 0 Å². The average Bonchev–Trinajstić information content (AvgIpc) is 2.27. The van der Waals surface area contributed by atoms with Gasteiger partial charge in [0.25, 0.3) is 0 Å². The van der Waals surface area contributed by atoms with Crippen LogP contribution in [0.2, 0.25) is 0 Å². The van der Waals surface area contributed by atoms with Crippen LogP contribution in [0.5, 0.6) is 0 Å². The van der Waals surface area contributed by atoms with E-state index in [1.165, 1.54) is 0 Å². The summed E-state index contributed by atoms with van der Waals surface area (Å²) < 4.78 is 5.32. The molecular formula is C12H17NO3. The van der Waals surface area contributed by atoms with Crippen molar-refractivity contribution in [1.29, 1.82) is 0 Å². The van der Waals surface area contributed by atoms with Crippen molar-refractivity contribution in [3.8, 4) is 0 Å². The van der Waals surface area contributed by atoms with Crippen LogP contribution >= 0.6 is 0 Å². The van der Waals surface area contributed by atoms with Gasteiger partial charge in [0.2, 0.25) is 5.54 Å². The van der Waals surface area contributed by atoms with Crippen molar-refractivity contribution in [2.45, 2.75) is 31.9 Å². The zero-order chi connectivity index (χ0) is 12.2. The SMILES string of the molecule is COC(CC(C)(C)[N+](=O)[O-])c1ccccc1. The summed E-state index contributed by atoms with van der Waals surface area (Å²) in [6.45, 7) is 3.23. The number of hydrogen-bond acceptors (Lipinski definition) is 3. The zero-order valence-corrected chi connectivity index (χ0v) is 9.84. The van der Waals surface area contributed by atoms with E-state index in [0.29, 0.717) is 6.42 Å². The van der Waals surface area contributed by atoms with Gasteiger partial charge >= 0.3 is 0 Å². The third-order valence-corrected chi connectivity index (χ3v) is 2.64. The first-order valence-corrected chi connectivity index (χ1v) is 5.19. The Morgan fingerprint density at radius 1 is 1.38 bits per heavy atom. The lowest BCUT2D eigenvalue weighted by Crippen LogP contribution is -2.33. The largest absolute Gasteiger partial charge is 0.376 e. The molecule has 0 aliphatic carbocycles. The molecule has 1 atom stereocenters. The minimum Gasteiger partial charge on any atom is -0.376 e. The van der Waals surface area contributed by atoms with E-state index < -0.39 is 5.54 Å². The third kappa shape index (κ3) is 3.03. The molecule has 0 spiro atoms. The fourth-order valence-electron chi connectivity index (χ4n) is 1.53. The van der Waals surface area contributed by atoms with E-state index in [9.17, 15) is 10.1 Å². The molecule has 4 heteroatoms. The van der Waals surface area contributed by atoms with Crippen molar-refractivity contribution in [3.63, 3.8) is 0 Å². The van der Waals surface area contributed by atoms with E-state index in [1.54, 1.807) is 21.0 Å². The second-order valence-corrected chi connectivity index (χ2v) is 4.41. The average molecular weight is 223 g/mol. The van der Waals surface area contributed by atoms with E-state index in [1.807, 2.05) is 30.3 Å². The number of ether oxygens (including phenoxy) is 1. The standard InChI is InChI=1S/C12H17NO3/c1-12(2,13(14)15)9-11(16-3)10-7-5-4-6-8-10/h4-8,11H,9H2,1-3H3. The Morgan fingerprint density at radius 2 is 1.94 bits per heavy atom. The van der Waals surface area contributed by atoms with Gasteiger partial charge in [-0.3, -0.25) is 10.1 Å². The molecule has 1 aromatic rings. The molecule has 0 aromatic heterocycles. The maximum atomic E-state index is 10.9. The maximum Gasteiger partial charge on any atom is 0.219 e. The Kier molecular flexibility index (Phi) is 4.01. The summed E-state index contributed by atoms with van der Waals surface area (Å²) in [6.07, 6.45) is 0.127. The molecule has 1 aromatic carbocycles. The molecule has 0 fully saturated rings. The van der Waals surface area contributed by atoms with E-state index in [4.69, 9.17) is 4.74 Å². The molecule has 0 amide bonds. The van der Waals surface area contributed by atoms with E-state index in [2.05, 4.69) is 0 Å². The minimum atomic E-state index is -0.976. The normalized spacial score (nSPS) is 13.4. The monoisotopic (exact) mass is 223 g/mol. The summed E-state index contributed by atoms with van der Waals surface area (Å²) in [6, 6.07) is 9.56. The number of hydrogen-bond donors (Lipinski definition) is 0. The highest BCUT2D eigenvalue weighted by molar-refractivity contribution is 5.17. The van der Waals surface area contributed by atoms with Crippen molar-refractivity contribution in [2.75, 3.05) is 7.11 Å². The smallest absolute Gasteiger partial charge is 0.219 e. The van der Waals surface area contributed by atoms with Crippen LogP contribution in [0.4, 0.5) is 0 Å². The van der Waals surface area contributed by atoms with Gasteiger partial charge in [0.05, 0.1) is 6.10 Å². The van der Waals surface area contributed by atoms with Crippen molar-refractivity contribution in [3.05, 3.63) is 46.0 Å². The Hall–Kier alpha value is -1.42. The summed E-state index contributed by atoms with van der Waals surface area (Å²) >= 11 is 0. The van der Waals surface area contributed by atoms with Gasteiger partial charge in [0, 0.05) is 32.3 Å². The Labute approximate surface area is 95.4 Å². The number of nitrogens with zero attached hydrogens (tertiary/aromatic N) is 1. The van der Waals surface area contributed by atoms with E-state index in [-0.39, 0.29) is 11.0 Å². The highest BCUT2D eigenvalue weighted by Crippen LogP contribution is 2.28. The number of benzene rings is 1. The van der Waals surface area contributed by atoms with Crippen LogP contribution in [0.15, 0.2) is 30.3 Å². The Balaban J connectivity index is 2.81. The number of methoxy groups -OCH3 is 1. The first kappa shape index (κ1) is 12.6. The van der Waals surface area contributed by atoms with Gasteiger partial charge in [0.15, 0.2) is 0 Å². The Morgan fingerprint density at radius 3 is 2.38 bits per heavy atom. The summed E-state index contributed by atoms with van der Waals surface area (Å²) in [5.41, 5.74) is -0.00352. The quantitative estimate of drug-likeness (QED) is 0.569. The topological polar surface area (TPSA) is 52.4 Å². The predicted molar refractivity (Wildman–Crippen MR) is 61.9 cm³/mol. The molecule has 88 valence electrons. The summed E-state index contributed by atoms with van der Waals surface area (Å²) in [4.78, 5) is 10.6. The second-order valence-electron chi connectivity index (χ2n) is 4.41. The molecule has 1 rings (SSSR count). The molecule has 0 radical (unpaired) electrons. The maximum absolute atomic E-state index is 10.9. The van der Waals surface area contributed by atoms with Crippen LogP contribution in [0.1, 0.15) is 31.9 Å².